The lowest BCUT2D eigenvalue weighted by Crippen LogP contribution is -2.58. The molecule has 1 aliphatic rings. The molecule has 1 fully saturated rings. The molecule has 0 bridgehead atoms. The predicted octanol–water partition coefficient (Wildman–Crippen LogP) is 4.70. The van der Waals surface area contributed by atoms with Crippen LogP contribution in [0.5, 0.6) is 0 Å². The van der Waals surface area contributed by atoms with Gasteiger partial charge in [0.05, 0.1) is 11.1 Å². The van der Waals surface area contributed by atoms with Gasteiger partial charge in [-0.05, 0) is 52.0 Å². The van der Waals surface area contributed by atoms with E-state index in [1.54, 1.807) is 52.0 Å². The molecule has 146 valence electrons. The van der Waals surface area contributed by atoms with Crippen molar-refractivity contribution in [1.82, 2.24) is 0 Å². The molecule has 0 radical (unpaired) electrons. The number of esters is 1. The van der Waals surface area contributed by atoms with Crippen LogP contribution >= 0.6 is 11.6 Å². The number of cyclic esters (lactones) is 1. The van der Waals surface area contributed by atoms with Crippen molar-refractivity contribution in [2.24, 2.45) is 15.9 Å². The molecule has 3 rings (SSSR count). The van der Waals surface area contributed by atoms with E-state index in [1.807, 2.05) is 30.3 Å². The molecule has 0 aromatic heterocycles. The minimum absolute atomic E-state index is 0.178. The lowest BCUT2D eigenvalue weighted by molar-refractivity contribution is -0.179. The van der Waals surface area contributed by atoms with E-state index >= 15 is 0 Å². The Bertz CT molecular complexity index is 919. The van der Waals surface area contributed by atoms with Crippen molar-refractivity contribution in [2.75, 3.05) is 5.43 Å². The van der Waals surface area contributed by atoms with E-state index in [2.05, 4.69) is 10.5 Å². The fourth-order valence-corrected chi connectivity index (χ4v) is 3.48. The third-order valence-electron chi connectivity index (χ3n) is 5.01. The zero-order valence-electron chi connectivity index (χ0n) is 16.3. The summed E-state index contributed by atoms with van der Waals surface area (Å²) in [6.07, 6.45) is -0.835. The maximum atomic E-state index is 13.1. The Morgan fingerprint density at radius 3 is 2.21 bits per heavy atom. The molecule has 1 heterocycles. The molecule has 1 atom stereocenters. The molecule has 0 unspecified atom stereocenters. The average molecular weight is 399 g/mol. The zero-order chi connectivity index (χ0) is 20.5. The van der Waals surface area contributed by atoms with E-state index in [0.717, 1.165) is 5.69 Å². The minimum Gasteiger partial charge on any atom is -0.454 e. The smallest absolute Gasteiger partial charge is 0.319 e. The third-order valence-corrected chi connectivity index (χ3v) is 5.26. The number of hydrogen-bond donors (Lipinski definition) is 1. The highest BCUT2D eigenvalue weighted by molar-refractivity contribution is 6.30. The number of anilines is 1. The average Bonchev–Trinajstić information content (AvgIpc) is 2.67. The molecule has 0 spiro atoms. The zero-order valence-corrected chi connectivity index (χ0v) is 17.1. The highest BCUT2D eigenvalue weighted by Gasteiger charge is 2.56. The predicted molar refractivity (Wildman–Crippen MR) is 111 cm³/mol. The molecular formula is C22H23ClN2O3. The Hall–Kier alpha value is -2.66. The number of carbonyl (C=O) groups excluding carboxylic acids is 2. The van der Waals surface area contributed by atoms with Crippen molar-refractivity contribution < 1.29 is 14.3 Å². The maximum Gasteiger partial charge on any atom is 0.319 e. The Labute approximate surface area is 169 Å². The quantitative estimate of drug-likeness (QED) is 0.350. The normalized spacial score (nSPS) is 21.2. The van der Waals surface area contributed by atoms with Crippen molar-refractivity contribution in [3.8, 4) is 0 Å². The van der Waals surface area contributed by atoms with Crippen LogP contribution in [0.3, 0.4) is 0 Å². The number of nitrogens with one attached hydrogen (secondary N) is 1. The van der Waals surface area contributed by atoms with E-state index in [1.165, 1.54) is 0 Å². The number of ketones is 1. The summed E-state index contributed by atoms with van der Waals surface area (Å²) in [6, 6.07) is 16.5. The van der Waals surface area contributed by atoms with E-state index in [4.69, 9.17) is 16.3 Å². The van der Waals surface area contributed by atoms with Gasteiger partial charge in [0.15, 0.2) is 11.9 Å². The summed E-state index contributed by atoms with van der Waals surface area (Å²) in [4.78, 5) is 25.6. The van der Waals surface area contributed by atoms with Crippen LogP contribution in [0.4, 0.5) is 5.69 Å². The van der Waals surface area contributed by atoms with Gasteiger partial charge in [0.2, 0.25) is 0 Å². The first-order valence-corrected chi connectivity index (χ1v) is 9.42. The van der Waals surface area contributed by atoms with Gasteiger partial charge in [0.25, 0.3) is 0 Å². The second-order valence-electron chi connectivity index (χ2n) is 7.94. The first kappa shape index (κ1) is 20.1. The van der Waals surface area contributed by atoms with Crippen molar-refractivity contribution in [1.29, 1.82) is 0 Å². The summed E-state index contributed by atoms with van der Waals surface area (Å²) in [6.45, 7) is 6.75. The minimum atomic E-state index is -1.20. The molecule has 2 aromatic rings. The lowest BCUT2D eigenvalue weighted by Gasteiger charge is -2.43. The maximum absolute atomic E-state index is 13.1. The SMILES string of the molecule is CC1(C)C(=O)O[C@H](/C(=N\Nc2ccccc2)c2ccc(Cl)cc2)C(C)(C)C1=O. The Morgan fingerprint density at radius 1 is 1.00 bits per heavy atom. The van der Waals surface area contributed by atoms with Crippen molar-refractivity contribution in [3.05, 3.63) is 65.2 Å². The van der Waals surface area contributed by atoms with Crippen molar-refractivity contribution in [3.63, 3.8) is 0 Å². The van der Waals surface area contributed by atoms with Crippen LogP contribution in [0.2, 0.25) is 5.02 Å². The van der Waals surface area contributed by atoms with Crippen LogP contribution in [0.25, 0.3) is 0 Å². The van der Waals surface area contributed by atoms with Crippen LogP contribution in [0, 0.1) is 10.8 Å². The Morgan fingerprint density at radius 2 is 1.61 bits per heavy atom. The number of Topliss-reactive ketones (excluding diaryl/α,β-unsaturated/α-hetero) is 1. The molecule has 28 heavy (non-hydrogen) atoms. The topological polar surface area (TPSA) is 67.8 Å². The highest BCUT2D eigenvalue weighted by atomic mass is 35.5. The summed E-state index contributed by atoms with van der Waals surface area (Å²) in [7, 11) is 0. The van der Waals surface area contributed by atoms with Gasteiger partial charge < -0.3 is 4.74 Å². The van der Waals surface area contributed by atoms with Gasteiger partial charge in [-0.2, -0.15) is 5.10 Å². The lowest BCUT2D eigenvalue weighted by atomic mass is 9.67. The molecular weight excluding hydrogens is 376 g/mol. The van der Waals surface area contributed by atoms with Crippen LogP contribution in [-0.2, 0) is 14.3 Å². The van der Waals surface area contributed by atoms with Gasteiger partial charge in [-0.1, -0.05) is 41.9 Å². The monoisotopic (exact) mass is 398 g/mol. The van der Waals surface area contributed by atoms with Crippen LogP contribution < -0.4 is 5.43 Å². The van der Waals surface area contributed by atoms with Gasteiger partial charge >= 0.3 is 5.97 Å². The largest absolute Gasteiger partial charge is 0.454 e. The van der Waals surface area contributed by atoms with Gasteiger partial charge in [-0.15, -0.1) is 0 Å². The van der Waals surface area contributed by atoms with Crippen molar-refractivity contribution >= 4 is 34.8 Å². The van der Waals surface area contributed by atoms with E-state index in [-0.39, 0.29) is 5.78 Å². The number of hydrazone groups is 1. The molecule has 1 N–H and O–H groups in total. The van der Waals surface area contributed by atoms with Crippen LogP contribution in [0.1, 0.15) is 33.3 Å². The highest BCUT2D eigenvalue weighted by Crippen LogP contribution is 2.41. The van der Waals surface area contributed by atoms with Crippen LogP contribution in [0.15, 0.2) is 59.7 Å². The number of para-hydroxylation sites is 1. The molecule has 6 heteroatoms. The number of nitrogens with zero attached hydrogens (tertiary/aromatic N) is 1. The third kappa shape index (κ3) is 3.67. The second-order valence-corrected chi connectivity index (χ2v) is 8.38. The first-order chi connectivity index (χ1) is 13.1. The summed E-state index contributed by atoms with van der Waals surface area (Å²) in [5.41, 5.74) is 2.80. The number of benzene rings is 2. The second kappa shape index (κ2) is 7.40. The molecule has 0 amide bonds. The number of hydrogen-bond acceptors (Lipinski definition) is 5. The van der Waals surface area contributed by atoms with E-state index in [9.17, 15) is 9.59 Å². The molecule has 0 aliphatic carbocycles. The number of carbonyl (C=O) groups is 2. The molecule has 1 aliphatic heterocycles. The van der Waals surface area contributed by atoms with Gasteiger partial charge in [-0.25, -0.2) is 0 Å². The summed E-state index contributed by atoms with van der Waals surface area (Å²) in [5, 5.41) is 5.10. The standard InChI is InChI=1S/C22H23ClN2O3/c1-21(2)18(28-20(27)22(3,4)19(21)26)17(14-10-12-15(23)13-11-14)25-24-16-8-6-5-7-9-16/h5-13,18,24H,1-4H3/b25-17-/t18-/m1/s1. The first-order valence-electron chi connectivity index (χ1n) is 9.04. The fraction of sp³-hybridized carbons (Fsp3) is 0.318. The molecule has 5 nitrogen and oxygen atoms in total. The molecule has 2 aromatic carbocycles. The van der Waals surface area contributed by atoms with E-state index < -0.39 is 22.9 Å². The number of halogens is 1. The molecule has 1 saturated heterocycles. The van der Waals surface area contributed by atoms with E-state index in [0.29, 0.717) is 16.3 Å². The summed E-state index contributed by atoms with van der Waals surface area (Å²) < 4.78 is 5.76. The van der Waals surface area contributed by atoms with Gasteiger partial charge in [-0.3, -0.25) is 15.0 Å². The van der Waals surface area contributed by atoms with Gasteiger partial charge in [0.1, 0.15) is 11.1 Å². The number of rotatable bonds is 4. The van der Waals surface area contributed by atoms with Gasteiger partial charge in [0, 0.05) is 10.6 Å². The Balaban J connectivity index is 2.06. The summed E-state index contributed by atoms with van der Waals surface area (Å²) in [5.74, 6) is -0.731. The number of ether oxygens (including phenoxy) is 1. The molecule has 0 saturated carbocycles. The summed E-state index contributed by atoms with van der Waals surface area (Å²) >= 11 is 6.02. The van der Waals surface area contributed by atoms with Crippen LogP contribution in [-0.4, -0.2) is 23.6 Å². The fourth-order valence-electron chi connectivity index (χ4n) is 3.35. The Kier molecular flexibility index (Phi) is 5.31. The van der Waals surface area contributed by atoms with Crippen molar-refractivity contribution in [2.45, 2.75) is 33.8 Å².